The van der Waals surface area contributed by atoms with Crippen LogP contribution < -0.4 is 19.5 Å². The van der Waals surface area contributed by atoms with Crippen molar-refractivity contribution in [3.05, 3.63) is 53.6 Å². The predicted molar refractivity (Wildman–Crippen MR) is 117 cm³/mol. The standard InChI is InChI=1S/C24H28N2O6/c1-23(2,3)17-7-5-6-8-18(17)30-13-16(27)12-26-21(28)24(4,25-22(26)29)15-9-10-19-20(11-15)32-14-31-19/h5-11,16,27H,12-14H2,1-4H3,(H,25,29). The molecule has 2 heterocycles. The van der Waals surface area contributed by atoms with Crippen LogP contribution >= 0.6 is 0 Å². The molecule has 32 heavy (non-hydrogen) atoms. The van der Waals surface area contributed by atoms with Crippen molar-refractivity contribution in [2.24, 2.45) is 0 Å². The molecule has 2 atom stereocenters. The molecule has 170 valence electrons. The molecular weight excluding hydrogens is 412 g/mol. The number of β-amino-alcohol motifs (C(OH)–C–C–N with tert-alkyl or cyclic N) is 1. The second-order valence-electron chi connectivity index (χ2n) is 9.25. The van der Waals surface area contributed by atoms with Crippen molar-refractivity contribution in [1.82, 2.24) is 10.2 Å². The minimum absolute atomic E-state index is 0.0507. The molecule has 0 aliphatic carbocycles. The number of nitrogens with one attached hydrogen (secondary N) is 1. The van der Waals surface area contributed by atoms with E-state index in [9.17, 15) is 14.7 Å². The molecule has 2 aromatic rings. The van der Waals surface area contributed by atoms with Crippen molar-refractivity contribution in [2.45, 2.75) is 44.8 Å². The van der Waals surface area contributed by atoms with E-state index in [-0.39, 0.29) is 25.4 Å². The number of rotatable bonds is 6. The highest BCUT2D eigenvalue weighted by atomic mass is 16.7. The first kappa shape index (κ1) is 22.0. The summed E-state index contributed by atoms with van der Waals surface area (Å²) in [6.07, 6.45) is -1.04. The molecule has 0 radical (unpaired) electrons. The number of ether oxygens (including phenoxy) is 3. The molecule has 0 aromatic heterocycles. The number of urea groups is 1. The van der Waals surface area contributed by atoms with Crippen LogP contribution in [0.25, 0.3) is 0 Å². The average Bonchev–Trinajstić information content (AvgIpc) is 3.30. The van der Waals surface area contributed by atoms with Crippen LogP contribution in [0.4, 0.5) is 4.79 Å². The maximum absolute atomic E-state index is 13.2. The average molecular weight is 440 g/mol. The van der Waals surface area contributed by atoms with Gasteiger partial charge in [-0.05, 0) is 41.7 Å². The van der Waals surface area contributed by atoms with Gasteiger partial charge in [0.15, 0.2) is 11.5 Å². The lowest BCUT2D eigenvalue weighted by Gasteiger charge is -2.25. The fraction of sp³-hybridized carbons (Fsp3) is 0.417. The van der Waals surface area contributed by atoms with Crippen LogP contribution in [0.2, 0.25) is 0 Å². The number of imide groups is 1. The van der Waals surface area contributed by atoms with Gasteiger partial charge in [0.2, 0.25) is 6.79 Å². The van der Waals surface area contributed by atoms with Crippen LogP contribution in [0.5, 0.6) is 17.2 Å². The Morgan fingerprint density at radius 2 is 1.88 bits per heavy atom. The summed E-state index contributed by atoms with van der Waals surface area (Å²) in [5.74, 6) is 1.33. The maximum atomic E-state index is 13.2. The number of hydrogen-bond donors (Lipinski definition) is 2. The van der Waals surface area contributed by atoms with Gasteiger partial charge in [0.1, 0.15) is 24.0 Å². The quantitative estimate of drug-likeness (QED) is 0.671. The summed E-state index contributed by atoms with van der Waals surface area (Å²) in [7, 11) is 0. The SMILES string of the molecule is CC(C)(C)c1ccccc1OCC(O)CN1C(=O)NC(C)(c2ccc3c(c2)OCO3)C1=O. The van der Waals surface area contributed by atoms with Gasteiger partial charge in [-0.1, -0.05) is 45.0 Å². The summed E-state index contributed by atoms with van der Waals surface area (Å²) in [5.41, 5.74) is 0.195. The molecule has 0 spiro atoms. The number of aliphatic hydroxyl groups is 1. The molecular formula is C24H28N2O6. The Balaban J connectivity index is 1.44. The normalized spacial score (nSPS) is 21.0. The highest BCUT2D eigenvalue weighted by Gasteiger charge is 2.49. The Morgan fingerprint density at radius 1 is 1.16 bits per heavy atom. The lowest BCUT2D eigenvalue weighted by molar-refractivity contribution is -0.132. The zero-order chi connectivity index (χ0) is 23.1. The topological polar surface area (TPSA) is 97.3 Å². The van der Waals surface area contributed by atoms with E-state index in [2.05, 4.69) is 26.1 Å². The van der Waals surface area contributed by atoms with E-state index in [0.29, 0.717) is 22.8 Å². The minimum atomic E-state index is -1.27. The van der Waals surface area contributed by atoms with Crippen molar-refractivity contribution in [2.75, 3.05) is 19.9 Å². The predicted octanol–water partition coefficient (Wildman–Crippen LogP) is 2.92. The Morgan fingerprint density at radius 3 is 2.62 bits per heavy atom. The summed E-state index contributed by atoms with van der Waals surface area (Å²) in [5, 5.41) is 13.3. The van der Waals surface area contributed by atoms with Crippen LogP contribution in [0, 0.1) is 0 Å². The van der Waals surface area contributed by atoms with Gasteiger partial charge in [-0.2, -0.15) is 0 Å². The summed E-state index contributed by atoms with van der Waals surface area (Å²) < 4.78 is 16.5. The lowest BCUT2D eigenvalue weighted by Crippen LogP contribution is -2.42. The number of amides is 3. The highest BCUT2D eigenvalue weighted by molar-refractivity contribution is 6.07. The van der Waals surface area contributed by atoms with Crippen LogP contribution in [0.1, 0.15) is 38.8 Å². The van der Waals surface area contributed by atoms with Crippen molar-refractivity contribution >= 4 is 11.9 Å². The van der Waals surface area contributed by atoms with Crippen molar-refractivity contribution in [1.29, 1.82) is 0 Å². The van der Waals surface area contributed by atoms with Crippen molar-refractivity contribution in [3.8, 4) is 17.2 Å². The highest BCUT2D eigenvalue weighted by Crippen LogP contribution is 2.38. The van der Waals surface area contributed by atoms with Gasteiger partial charge in [-0.15, -0.1) is 0 Å². The van der Waals surface area contributed by atoms with Crippen LogP contribution in [-0.4, -0.2) is 48.0 Å². The Hall–Kier alpha value is -3.26. The van der Waals surface area contributed by atoms with Gasteiger partial charge in [0.05, 0.1) is 6.54 Å². The molecule has 1 fully saturated rings. The molecule has 2 aliphatic heterocycles. The largest absolute Gasteiger partial charge is 0.491 e. The number of fused-ring (bicyclic) bond motifs is 1. The molecule has 0 saturated carbocycles. The minimum Gasteiger partial charge on any atom is -0.491 e. The van der Waals surface area contributed by atoms with E-state index in [1.165, 1.54) is 0 Å². The molecule has 0 bridgehead atoms. The Kier molecular flexibility index (Phi) is 5.50. The lowest BCUT2D eigenvalue weighted by atomic mass is 9.86. The van der Waals surface area contributed by atoms with Gasteiger partial charge in [0.25, 0.3) is 5.91 Å². The summed E-state index contributed by atoms with van der Waals surface area (Å²) >= 11 is 0. The van der Waals surface area contributed by atoms with Crippen molar-refractivity contribution < 1.29 is 28.9 Å². The van der Waals surface area contributed by atoms with Crippen molar-refractivity contribution in [3.63, 3.8) is 0 Å². The molecule has 2 aliphatic rings. The molecule has 1 saturated heterocycles. The fourth-order valence-corrected chi connectivity index (χ4v) is 3.93. The van der Waals surface area contributed by atoms with Gasteiger partial charge < -0.3 is 24.6 Å². The summed E-state index contributed by atoms with van der Waals surface area (Å²) in [6, 6.07) is 12.2. The van der Waals surface area contributed by atoms with Crippen LogP contribution in [0.3, 0.4) is 0 Å². The second kappa shape index (κ2) is 8.02. The third-order valence-corrected chi connectivity index (χ3v) is 5.74. The molecule has 2 N–H and O–H groups in total. The zero-order valence-electron chi connectivity index (χ0n) is 18.7. The number of carbonyl (C=O) groups excluding carboxylic acids is 2. The molecule has 2 aromatic carbocycles. The van der Waals surface area contributed by atoms with Gasteiger partial charge in [-0.3, -0.25) is 9.69 Å². The molecule has 4 rings (SSSR count). The third-order valence-electron chi connectivity index (χ3n) is 5.74. The van der Waals surface area contributed by atoms with Gasteiger partial charge in [0, 0.05) is 0 Å². The number of benzene rings is 2. The van der Waals surface area contributed by atoms with E-state index in [0.717, 1.165) is 10.5 Å². The monoisotopic (exact) mass is 440 g/mol. The van der Waals surface area contributed by atoms with Crippen LogP contribution in [-0.2, 0) is 15.7 Å². The number of para-hydroxylation sites is 1. The van der Waals surface area contributed by atoms with E-state index in [1.54, 1.807) is 25.1 Å². The number of aliphatic hydroxyl groups excluding tert-OH is 1. The van der Waals surface area contributed by atoms with E-state index in [1.807, 2.05) is 24.3 Å². The summed E-state index contributed by atoms with van der Waals surface area (Å²) in [6.45, 7) is 7.76. The Labute approximate surface area is 187 Å². The molecule has 8 heteroatoms. The first-order chi connectivity index (χ1) is 15.1. The number of carbonyl (C=O) groups is 2. The summed E-state index contributed by atoms with van der Waals surface area (Å²) in [4.78, 5) is 26.8. The first-order valence-corrected chi connectivity index (χ1v) is 10.5. The van der Waals surface area contributed by atoms with Gasteiger partial charge >= 0.3 is 6.03 Å². The number of nitrogens with zero attached hydrogens (tertiary/aromatic N) is 1. The van der Waals surface area contributed by atoms with Crippen LogP contribution in [0.15, 0.2) is 42.5 Å². The first-order valence-electron chi connectivity index (χ1n) is 10.5. The van der Waals surface area contributed by atoms with E-state index >= 15 is 0 Å². The van der Waals surface area contributed by atoms with Gasteiger partial charge in [-0.25, -0.2) is 4.79 Å². The van der Waals surface area contributed by atoms with E-state index < -0.39 is 23.6 Å². The Bertz CT molecular complexity index is 1050. The number of hydrogen-bond acceptors (Lipinski definition) is 6. The maximum Gasteiger partial charge on any atom is 0.325 e. The zero-order valence-corrected chi connectivity index (χ0v) is 18.7. The molecule has 3 amide bonds. The van der Waals surface area contributed by atoms with E-state index in [4.69, 9.17) is 14.2 Å². The molecule has 8 nitrogen and oxygen atoms in total. The fourth-order valence-electron chi connectivity index (χ4n) is 3.93. The third kappa shape index (κ3) is 3.98. The smallest absolute Gasteiger partial charge is 0.325 e. The molecule has 2 unspecified atom stereocenters. The second-order valence-corrected chi connectivity index (χ2v) is 9.25.